The molecule has 6 nitrogen and oxygen atoms in total. The van der Waals surface area contributed by atoms with Crippen LogP contribution in [0.4, 0.5) is 5.13 Å². The molecule has 34 heavy (non-hydrogen) atoms. The van der Waals surface area contributed by atoms with Crippen molar-refractivity contribution in [3.05, 3.63) is 53.1 Å². The number of nitrogens with zero attached hydrogens (tertiary/aromatic N) is 3. The molecule has 1 amide bonds. The Morgan fingerprint density at radius 1 is 1.09 bits per heavy atom. The molecule has 0 unspecified atom stereocenters. The number of unbranched alkanes of at least 4 members (excludes halogenated alkanes) is 2. The highest BCUT2D eigenvalue weighted by Crippen LogP contribution is 2.33. The second-order valence-electron chi connectivity index (χ2n) is 9.04. The number of aromatic nitrogens is 1. The molecule has 0 aliphatic carbocycles. The molecule has 1 fully saturated rings. The zero-order valence-electron chi connectivity index (χ0n) is 20.6. The Hall–Kier alpha value is -2.64. The van der Waals surface area contributed by atoms with E-state index in [0.29, 0.717) is 18.7 Å². The maximum absolute atomic E-state index is 12.6. The smallest absolute Gasteiger partial charge is 0.251 e. The highest BCUT2D eigenvalue weighted by Gasteiger charge is 2.20. The molecule has 2 aromatic carbocycles. The largest absolute Gasteiger partial charge is 0.494 e. The molecule has 7 heteroatoms. The number of thiazole rings is 1. The van der Waals surface area contributed by atoms with Crippen LogP contribution in [0.2, 0.25) is 0 Å². The van der Waals surface area contributed by atoms with Crippen LogP contribution in [-0.4, -0.2) is 61.7 Å². The molecular weight excluding hydrogens is 444 g/mol. The van der Waals surface area contributed by atoms with Gasteiger partial charge in [-0.05, 0) is 49.6 Å². The van der Waals surface area contributed by atoms with E-state index in [1.807, 2.05) is 24.3 Å². The zero-order chi connectivity index (χ0) is 23.9. The summed E-state index contributed by atoms with van der Waals surface area (Å²) in [5, 5.41) is 4.19. The van der Waals surface area contributed by atoms with Crippen molar-refractivity contribution in [1.82, 2.24) is 15.2 Å². The molecule has 0 bridgehead atoms. The minimum absolute atomic E-state index is 0.0436. The van der Waals surface area contributed by atoms with Crippen LogP contribution in [0.15, 0.2) is 36.4 Å². The van der Waals surface area contributed by atoms with E-state index in [-0.39, 0.29) is 5.91 Å². The molecule has 1 aliphatic heterocycles. The standard InChI is InChI=1S/C27H36N4O2S/c1-4-5-6-18-33-23-9-7-8-22(19-23)26(32)28-12-13-30-14-16-31(17-15-30)27-29-24-20(2)10-11-21(3)25(24)34-27/h7-11,19H,4-6,12-18H2,1-3H3,(H,28,32). The number of piperazine rings is 1. The van der Waals surface area contributed by atoms with Gasteiger partial charge >= 0.3 is 0 Å². The first-order valence-electron chi connectivity index (χ1n) is 12.4. The third kappa shape index (κ3) is 6.07. The van der Waals surface area contributed by atoms with Crippen LogP contribution >= 0.6 is 11.3 Å². The Morgan fingerprint density at radius 3 is 2.65 bits per heavy atom. The number of benzene rings is 2. The van der Waals surface area contributed by atoms with Crippen LogP contribution in [0.3, 0.4) is 0 Å². The van der Waals surface area contributed by atoms with Gasteiger partial charge in [-0.3, -0.25) is 9.69 Å². The minimum atomic E-state index is -0.0436. The third-order valence-electron chi connectivity index (χ3n) is 6.40. The average Bonchev–Trinajstić information content (AvgIpc) is 3.32. The van der Waals surface area contributed by atoms with Crippen molar-refractivity contribution in [3.8, 4) is 5.75 Å². The van der Waals surface area contributed by atoms with Crippen molar-refractivity contribution in [1.29, 1.82) is 0 Å². The summed E-state index contributed by atoms with van der Waals surface area (Å²) in [4.78, 5) is 22.3. The van der Waals surface area contributed by atoms with Crippen LogP contribution < -0.4 is 15.0 Å². The highest BCUT2D eigenvalue weighted by molar-refractivity contribution is 7.22. The Kier molecular flexibility index (Phi) is 8.40. The average molecular weight is 481 g/mol. The number of rotatable bonds is 10. The normalized spacial score (nSPS) is 14.5. The summed E-state index contributed by atoms with van der Waals surface area (Å²) < 4.78 is 7.08. The summed E-state index contributed by atoms with van der Waals surface area (Å²) >= 11 is 1.80. The lowest BCUT2D eigenvalue weighted by molar-refractivity contribution is 0.0947. The molecule has 0 saturated carbocycles. The van der Waals surface area contributed by atoms with Gasteiger partial charge < -0.3 is 15.0 Å². The van der Waals surface area contributed by atoms with Crippen LogP contribution in [-0.2, 0) is 0 Å². The first kappa shape index (κ1) is 24.5. The molecule has 182 valence electrons. The predicted molar refractivity (Wildman–Crippen MR) is 142 cm³/mol. The summed E-state index contributed by atoms with van der Waals surface area (Å²) in [7, 11) is 0. The zero-order valence-corrected chi connectivity index (χ0v) is 21.4. The number of ether oxygens (including phenoxy) is 1. The lowest BCUT2D eigenvalue weighted by Crippen LogP contribution is -2.48. The van der Waals surface area contributed by atoms with Gasteiger partial charge in [-0.15, -0.1) is 0 Å². The molecule has 0 spiro atoms. The van der Waals surface area contributed by atoms with E-state index in [1.165, 1.54) is 22.2 Å². The van der Waals surface area contributed by atoms with Crippen molar-refractivity contribution in [2.45, 2.75) is 40.0 Å². The summed E-state index contributed by atoms with van der Waals surface area (Å²) in [6.45, 7) is 12.5. The fraction of sp³-hybridized carbons (Fsp3) is 0.481. The van der Waals surface area contributed by atoms with Crippen molar-refractivity contribution >= 4 is 32.6 Å². The maximum atomic E-state index is 12.6. The first-order valence-corrected chi connectivity index (χ1v) is 13.2. The summed E-state index contributed by atoms with van der Waals surface area (Å²) in [5.41, 5.74) is 4.33. The van der Waals surface area contributed by atoms with Crippen molar-refractivity contribution < 1.29 is 9.53 Å². The fourth-order valence-electron chi connectivity index (χ4n) is 4.24. The molecular formula is C27H36N4O2S. The Labute approximate surface area is 206 Å². The van der Waals surface area contributed by atoms with Gasteiger partial charge in [-0.1, -0.05) is 49.3 Å². The number of nitrogens with one attached hydrogen (secondary N) is 1. The lowest BCUT2D eigenvalue weighted by atomic mass is 10.1. The number of carbonyl (C=O) groups excluding carboxylic acids is 1. The number of hydrogen-bond donors (Lipinski definition) is 1. The van der Waals surface area contributed by atoms with Gasteiger partial charge in [-0.25, -0.2) is 4.98 Å². The van der Waals surface area contributed by atoms with Gasteiger partial charge in [0.1, 0.15) is 5.75 Å². The number of anilines is 1. The van der Waals surface area contributed by atoms with E-state index in [1.54, 1.807) is 11.3 Å². The molecule has 1 saturated heterocycles. The predicted octanol–water partition coefficient (Wildman–Crippen LogP) is 5.03. The SMILES string of the molecule is CCCCCOc1cccc(C(=O)NCCN2CCN(c3nc4c(C)ccc(C)c4s3)CC2)c1. The summed E-state index contributed by atoms with van der Waals surface area (Å²) in [5.74, 6) is 0.720. The van der Waals surface area contributed by atoms with E-state index >= 15 is 0 Å². The number of amides is 1. The van der Waals surface area contributed by atoms with E-state index in [0.717, 1.165) is 62.0 Å². The van der Waals surface area contributed by atoms with Gasteiger partial charge in [-0.2, -0.15) is 0 Å². The van der Waals surface area contributed by atoms with Gasteiger partial charge in [0.25, 0.3) is 5.91 Å². The van der Waals surface area contributed by atoms with Gasteiger partial charge in [0.15, 0.2) is 5.13 Å². The van der Waals surface area contributed by atoms with Gasteiger partial charge in [0, 0.05) is 44.8 Å². The topological polar surface area (TPSA) is 57.7 Å². The number of aryl methyl sites for hydroxylation is 2. The van der Waals surface area contributed by atoms with E-state index in [4.69, 9.17) is 9.72 Å². The first-order chi connectivity index (χ1) is 16.5. The monoisotopic (exact) mass is 480 g/mol. The van der Waals surface area contributed by atoms with E-state index < -0.39 is 0 Å². The Balaban J connectivity index is 1.22. The molecule has 3 aromatic rings. The molecule has 0 atom stereocenters. The quantitative estimate of drug-likeness (QED) is 0.412. The summed E-state index contributed by atoms with van der Waals surface area (Å²) in [6.07, 6.45) is 3.37. The van der Waals surface area contributed by atoms with E-state index in [9.17, 15) is 4.79 Å². The van der Waals surface area contributed by atoms with Crippen molar-refractivity contribution in [2.24, 2.45) is 0 Å². The highest BCUT2D eigenvalue weighted by atomic mass is 32.1. The van der Waals surface area contributed by atoms with Crippen LogP contribution in [0.25, 0.3) is 10.2 Å². The van der Waals surface area contributed by atoms with Crippen molar-refractivity contribution in [3.63, 3.8) is 0 Å². The Bertz CT molecular complexity index is 1070. The Morgan fingerprint density at radius 2 is 1.88 bits per heavy atom. The van der Waals surface area contributed by atoms with Crippen LogP contribution in [0.5, 0.6) is 5.75 Å². The van der Waals surface area contributed by atoms with Gasteiger partial charge in [0.2, 0.25) is 0 Å². The molecule has 1 aromatic heterocycles. The summed E-state index contributed by atoms with van der Waals surface area (Å²) in [6, 6.07) is 11.8. The van der Waals surface area contributed by atoms with Crippen molar-refractivity contribution in [2.75, 3.05) is 50.8 Å². The van der Waals surface area contributed by atoms with Gasteiger partial charge in [0.05, 0.1) is 16.8 Å². The third-order valence-corrected chi connectivity index (χ3v) is 7.65. The number of fused-ring (bicyclic) bond motifs is 1. The number of carbonyl (C=O) groups is 1. The maximum Gasteiger partial charge on any atom is 0.251 e. The molecule has 4 rings (SSSR count). The molecule has 1 aliphatic rings. The fourth-order valence-corrected chi connectivity index (χ4v) is 5.41. The lowest BCUT2D eigenvalue weighted by Gasteiger charge is -2.34. The minimum Gasteiger partial charge on any atom is -0.494 e. The van der Waals surface area contributed by atoms with E-state index in [2.05, 4.69) is 48.0 Å². The number of hydrogen-bond acceptors (Lipinski definition) is 6. The van der Waals surface area contributed by atoms with Crippen LogP contribution in [0.1, 0.15) is 47.7 Å². The molecule has 2 heterocycles. The second-order valence-corrected chi connectivity index (χ2v) is 10.0. The van der Waals surface area contributed by atoms with Crippen LogP contribution in [0, 0.1) is 13.8 Å². The second kappa shape index (κ2) is 11.7. The molecule has 1 N–H and O–H groups in total. The molecule has 0 radical (unpaired) electrons.